The van der Waals surface area contributed by atoms with Crippen LogP contribution in [0.5, 0.6) is 0 Å². The van der Waals surface area contributed by atoms with E-state index in [2.05, 4.69) is 0 Å². The zero-order valence-corrected chi connectivity index (χ0v) is 25.6. The van der Waals surface area contributed by atoms with Gasteiger partial charge in [0.05, 0.1) is 24.8 Å². The Morgan fingerprint density at radius 3 is 2.09 bits per heavy atom. The summed E-state index contributed by atoms with van der Waals surface area (Å²) < 4.78 is 5.68. The number of aryl methyl sites for hydroxylation is 1. The van der Waals surface area contributed by atoms with Gasteiger partial charge in [-0.15, -0.1) is 0 Å². The van der Waals surface area contributed by atoms with Gasteiger partial charge in [-0.1, -0.05) is 92.7 Å². The number of nitrogens with zero attached hydrogens (tertiary/aromatic N) is 2. The summed E-state index contributed by atoms with van der Waals surface area (Å²) >= 11 is 0. The van der Waals surface area contributed by atoms with E-state index in [0.717, 1.165) is 16.0 Å². The maximum atomic E-state index is 14.3. The maximum absolute atomic E-state index is 14.3. The third-order valence-corrected chi connectivity index (χ3v) is 7.36. The van der Waals surface area contributed by atoms with Crippen molar-refractivity contribution in [3.8, 4) is 11.1 Å². The number of benzene rings is 3. The number of amides is 3. The first kappa shape index (κ1) is 34.6. The lowest BCUT2D eigenvalue weighted by Gasteiger charge is -2.33. The molecule has 0 bridgehead atoms. The van der Waals surface area contributed by atoms with E-state index in [0.29, 0.717) is 16.7 Å². The smallest absolute Gasteiger partial charge is 0.256 e. The lowest BCUT2D eigenvalue weighted by molar-refractivity contribution is -0.150. The Hall–Kier alpha value is -3.93. The van der Waals surface area contributed by atoms with E-state index >= 15 is 0 Å². The molecule has 0 spiro atoms. The Bertz CT molecular complexity index is 1370. The molecule has 0 aliphatic carbocycles. The molecule has 0 aliphatic heterocycles. The molecule has 10 nitrogen and oxygen atoms in total. The second-order valence-electron chi connectivity index (χ2n) is 11.0. The van der Waals surface area contributed by atoms with Crippen molar-refractivity contribution in [2.45, 2.75) is 58.6 Å². The molecule has 3 amide bonds. The van der Waals surface area contributed by atoms with Crippen LogP contribution >= 0.6 is 0 Å². The number of ether oxygens (including phenoxy) is 1. The van der Waals surface area contributed by atoms with Crippen molar-refractivity contribution in [2.24, 2.45) is 17.4 Å². The fourth-order valence-corrected chi connectivity index (χ4v) is 4.70. The lowest BCUT2D eigenvalue weighted by atomic mass is 9.92. The molecule has 44 heavy (non-hydrogen) atoms. The van der Waals surface area contributed by atoms with Gasteiger partial charge < -0.3 is 31.3 Å². The fraction of sp³-hybridized carbons (Fsp3) is 0.382. The Balaban J connectivity index is 1.93. The fourth-order valence-electron chi connectivity index (χ4n) is 4.70. The summed E-state index contributed by atoms with van der Waals surface area (Å²) in [6.45, 7) is 5.19. The van der Waals surface area contributed by atoms with E-state index in [1.54, 1.807) is 26.8 Å². The van der Waals surface area contributed by atoms with Gasteiger partial charge in [-0.25, -0.2) is 0 Å². The van der Waals surface area contributed by atoms with Crippen LogP contribution in [-0.2, 0) is 27.4 Å². The molecular formula is C34H44N4O6. The SMILES string of the molecule is CCN(CN(C(=O)C(N)COCc1ccccc1)C(=O)[C@@H](N)C(C)C)C(=O)c1c(CCC(O)O)cccc1-c1ccccc1. The summed E-state index contributed by atoms with van der Waals surface area (Å²) in [4.78, 5) is 43.8. The second-order valence-corrected chi connectivity index (χ2v) is 11.0. The monoisotopic (exact) mass is 604 g/mol. The van der Waals surface area contributed by atoms with Crippen LogP contribution in [-0.4, -0.2) is 75.9 Å². The van der Waals surface area contributed by atoms with Crippen LogP contribution in [0.1, 0.15) is 48.7 Å². The lowest BCUT2D eigenvalue weighted by Crippen LogP contribution is -2.58. The predicted octanol–water partition coefficient (Wildman–Crippen LogP) is 2.90. The van der Waals surface area contributed by atoms with Crippen molar-refractivity contribution < 1.29 is 29.3 Å². The minimum absolute atomic E-state index is 0.0226. The molecule has 0 fully saturated rings. The summed E-state index contributed by atoms with van der Waals surface area (Å²) in [6.07, 6.45) is -1.30. The minimum Gasteiger partial charge on any atom is -0.375 e. The van der Waals surface area contributed by atoms with Crippen LogP contribution < -0.4 is 11.5 Å². The Morgan fingerprint density at radius 2 is 1.50 bits per heavy atom. The zero-order chi connectivity index (χ0) is 32.2. The number of hydrogen-bond acceptors (Lipinski definition) is 8. The quantitative estimate of drug-likeness (QED) is 0.193. The van der Waals surface area contributed by atoms with Crippen molar-refractivity contribution >= 4 is 17.7 Å². The molecule has 3 aromatic carbocycles. The first-order valence-corrected chi connectivity index (χ1v) is 14.9. The van der Waals surface area contributed by atoms with Crippen molar-refractivity contribution in [1.82, 2.24) is 9.80 Å². The van der Waals surface area contributed by atoms with E-state index in [9.17, 15) is 24.6 Å². The van der Waals surface area contributed by atoms with Gasteiger partial charge in [0.2, 0.25) is 11.8 Å². The summed E-state index contributed by atoms with van der Waals surface area (Å²) in [5.41, 5.74) is 15.7. The van der Waals surface area contributed by atoms with Crippen LogP contribution in [0.15, 0.2) is 78.9 Å². The molecule has 0 aliphatic rings. The highest BCUT2D eigenvalue weighted by Crippen LogP contribution is 2.29. The summed E-state index contributed by atoms with van der Waals surface area (Å²) in [6, 6.07) is 22.0. The molecule has 0 heterocycles. The average Bonchev–Trinajstić information content (AvgIpc) is 3.03. The molecular weight excluding hydrogens is 560 g/mol. The highest BCUT2D eigenvalue weighted by Gasteiger charge is 2.34. The zero-order valence-electron chi connectivity index (χ0n) is 25.6. The van der Waals surface area contributed by atoms with Crippen LogP contribution in [0.3, 0.4) is 0 Å². The van der Waals surface area contributed by atoms with Crippen LogP contribution in [0.2, 0.25) is 0 Å². The number of aliphatic hydroxyl groups excluding tert-OH is 1. The van der Waals surface area contributed by atoms with Gasteiger partial charge in [0, 0.05) is 13.0 Å². The van der Waals surface area contributed by atoms with Crippen molar-refractivity contribution in [2.75, 3.05) is 19.8 Å². The van der Waals surface area contributed by atoms with E-state index in [-0.39, 0.29) is 45.2 Å². The number of imide groups is 1. The number of carbonyl (C=O) groups is 3. The van der Waals surface area contributed by atoms with Gasteiger partial charge in [0.1, 0.15) is 12.7 Å². The molecule has 236 valence electrons. The molecule has 3 rings (SSSR count). The molecule has 2 atom stereocenters. The summed E-state index contributed by atoms with van der Waals surface area (Å²) in [7, 11) is 0. The van der Waals surface area contributed by atoms with E-state index in [4.69, 9.17) is 16.2 Å². The largest absolute Gasteiger partial charge is 0.375 e. The van der Waals surface area contributed by atoms with Gasteiger partial charge in [-0.3, -0.25) is 19.3 Å². The summed E-state index contributed by atoms with van der Waals surface area (Å²) in [5.74, 6) is -2.04. The minimum atomic E-state index is -1.55. The third kappa shape index (κ3) is 9.28. The van der Waals surface area contributed by atoms with Crippen LogP contribution in [0.25, 0.3) is 11.1 Å². The van der Waals surface area contributed by atoms with Gasteiger partial charge in [0.15, 0.2) is 6.29 Å². The van der Waals surface area contributed by atoms with Crippen molar-refractivity contribution in [3.63, 3.8) is 0 Å². The average molecular weight is 605 g/mol. The van der Waals surface area contributed by atoms with Gasteiger partial charge in [-0.05, 0) is 41.5 Å². The Labute approximate surface area is 259 Å². The molecule has 10 heteroatoms. The molecule has 6 N–H and O–H groups in total. The first-order valence-electron chi connectivity index (χ1n) is 14.9. The Kier molecular flexibility index (Phi) is 13.2. The summed E-state index contributed by atoms with van der Waals surface area (Å²) in [5, 5.41) is 19.1. The van der Waals surface area contributed by atoms with Crippen molar-refractivity contribution in [3.05, 3.63) is 95.6 Å². The van der Waals surface area contributed by atoms with E-state index in [1.165, 1.54) is 4.90 Å². The number of nitrogens with two attached hydrogens (primary N) is 2. The molecule has 0 saturated carbocycles. The highest BCUT2D eigenvalue weighted by molar-refractivity contribution is 6.04. The van der Waals surface area contributed by atoms with Crippen LogP contribution in [0, 0.1) is 5.92 Å². The number of carbonyl (C=O) groups excluding carboxylic acids is 3. The van der Waals surface area contributed by atoms with Crippen molar-refractivity contribution in [1.29, 1.82) is 0 Å². The first-order chi connectivity index (χ1) is 21.0. The topological polar surface area (TPSA) is 159 Å². The number of hydrogen-bond donors (Lipinski definition) is 4. The normalized spacial score (nSPS) is 12.7. The third-order valence-electron chi connectivity index (χ3n) is 7.36. The van der Waals surface area contributed by atoms with Gasteiger partial charge in [0.25, 0.3) is 5.91 Å². The van der Waals surface area contributed by atoms with E-state index in [1.807, 2.05) is 72.8 Å². The molecule has 0 radical (unpaired) electrons. The van der Waals surface area contributed by atoms with Crippen LogP contribution in [0.4, 0.5) is 0 Å². The standard InChI is InChI=1S/C34H44N4O6/c1-4-37(33(42)30-26(18-19-29(39)40)16-11-17-27(30)25-14-9-6-10-15-25)22-38(34(43)31(36)23(2)3)32(41)28(35)21-44-20-24-12-7-5-8-13-24/h5-17,23,28-29,31,39-40H,4,18-22,35-36H2,1-3H3/t28?,31-/m0/s1. The molecule has 0 saturated heterocycles. The van der Waals surface area contributed by atoms with Gasteiger partial charge >= 0.3 is 0 Å². The highest BCUT2D eigenvalue weighted by atomic mass is 16.5. The molecule has 3 aromatic rings. The number of rotatable bonds is 15. The molecule has 1 unspecified atom stereocenters. The maximum Gasteiger partial charge on any atom is 0.256 e. The molecule has 0 aromatic heterocycles. The Morgan fingerprint density at radius 1 is 0.864 bits per heavy atom. The van der Waals surface area contributed by atoms with E-state index < -0.39 is 36.1 Å². The van der Waals surface area contributed by atoms with Gasteiger partial charge in [-0.2, -0.15) is 0 Å². The second kappa shape index (κ2) is 16.8. The number of aliphatic hydroxyl groups is 2. The predicted molar refractivity (Wildman–Crippen MR) is 169 cm³/mol.